The molecule has 0 aliphatic carbocycles. The smallest absolute Gasteiger partial charge is 0.206 e. The van der Waals surface area contributed by atoms with Gasteiger partial charge in [-0.15, -0.1) is 0 Å². The van der Waals surface area contributed by atoms with E-state index in [4.69, 9.17) is 11.6 Å². The second-order valence-electron chi connectivity index (χ2n) is 3.55. The molecule has 0 aliphatic heterocycles. The Kier molecular flexibility index (Phi) is 4.30. The third-order valence-electron chi connectivity index (χ3n) is 2.26. The number of hydrogen-bond donors (Lipinski definition) is 2. The van der Waals surface area contributed by atoms with Crippen molar-refractivity contribution in [1.29, 1.82) is 0 Å². The van der Waals surface area contributed by atoms with E-state index in [9.17, 15) is 4.79 Å². The highest BCUT2D eigenvalue weighted by atomic mass is 35.5. The molecule has 2 rings (SSSR count). The van der Waals surface area contributed by atoms with Gasteiger partial charge >= 0.3 is 0 Å². The zero-order valence-corrected chi connectivity index (χ0v) is 11.3. The Morgan fingerprint density at radius 3 is 2.94 bits per heavy atom. The predicted octanol–water partition coefficient (Wildman–Crippen LogP) is 2.62. The molecule has 0 spiro atoms. The molecule has 0 atom stereocenters. The van der Waals surface area contributed by atoms with E-state index in [2.05, 4.69) is 15.6 Å². The monoisotopic (exact) mass is 281 g/mol. The number of carbonyl (C=O) groups excluding carboxylic acids is 1. The van der Waals surface area contributed by atoms with Crippen LogP contribution in [0.25, 0.3) is 0 Å². The number of anilines is 1. The van der Waals surface area contributed by atoms with Crippen LogP contribution >= 0.6 is 22.9 Å². The Labute approximate surface area is 114 Å². The Morgan fingerprint density at radius 1 is 1.44 bits per heavy atom. The fourth-order valence-electron chi connectivity index (χ4n) is 1.40. The Morgan fingerprint density at radius 2 is 2.22 bits per heavy atom. The standard InChI is InChI=1S/C12H12ClN3OS/c1-14-7-16-12-15-6-10(18-12)11(17)8-4-2-3-5-9(8)13/h2-6,14H,7H2,1H3,(H,15,16). The van der Waals surface area contributed by atoms with Crippen molar-refractivity contribution >= 4 is 33.9 Å². The lowest BCUT2D eigenvalue weighted by molar-refractivity contribution is 0.104. The fourth-order valence-corrected chi connectivity index (χ4v) is 2.39. The molecule has 6 heteroatoms. The first-order valence-corrected chi connectivity index (χ1v) is 6.55. The zero-order valence-electron chi connectivity index (χ0n) is 9.74. The van der Waals surface area contributed by atoms with Crippen LogP contribution < -0.4 is 10.6 Å². The first kappa shape index (κ1) is 13.0. The maximum atomic E-state index is 12.2. The molecule has 94 valence electrons. The van der Waals surface area contributed by atoms with Crippen LogP contribution in [0.2, 0.25) is 5.02 Å². The van der Waals surface area contributed by atoms with Crippen LogP contribution in [-0.4, -0.2) is 24.5 Å². The Balaban J connectivity index is 2.19. The number of nitrogens with one attached hydrogen (secondary N) is 2. The summed E-state index contributed by atoms with van der Waals surface area (Å²) < 4.78 is 0. The molecule has 0 fully saturated rings. The number of nitrogens with zero attached hydrogens (tertiary/aromatic N) is 1. The highest BCUT2D eigenvalue weighted by Gasteiger charge is 2.15. The van der Waals surface area contributed by atoms with Crippen LogP contribution in [0.5, 0.6) is 0 Å². The van der Waals surface area contributed by atoms with E-state index in [-0.39, 0.29) is 5.78 Å². The van der Waals surface area contributed by atoms with Gasteiger partial charge in [0.15, 0.2) is 5.13 Å². The first-order valence-electron chi connectivity index (χ1n) is 5.36. The quantitative estimate of drug-likeness (QED) is 0.653. The number of carbonyl (C=O) groups is 1. The van der Waals surface area contributed by atoms with Gasteiger partial charge in [-0.25, -0.2) is 4.98 Å². The van der Waals surface area contributed by atoms with E-state index >= 15 is 0 Å². The minimum Gasteiger partial charge on any atom is -0.349 e. The number of rotatable bonds is 5. The molecule has 1 aromatic carbocycles. The van der Waals surface area contributed by atoms with Crippen LogP contribution in [0, 0.1) is 0 Å². The molecule has 2 N–H and O–H groups in total. The molecule has 0 saturated carbocycles. The second kappa shape index (κ2) is 5.95. The summed E-state index contributed by atoms with van der Waals surface area (Å²) in [6, 6.07) is 7.01. The number of hydrogen-bond acceptors (Lipinski definition) is 5. The van der Waals surface area contributed by atoms with Crippen LogP contribution in [0.15, 0.2) is 30.5 Å². The molecule has 0 unspecified atom stereocenters. The van der Waals surface area contributed by atoms with Crippen molar-refractivity contribution in [2.24, 2.45) is 0 Å². The summed E-state index contributed by atoms with van der Waals surface area (Å²) in [6.07, 6.45) is 1.56. The minimum atomic E-state index is -0.101. The van der Waals surface area contributed by atoms with Crippen molar-refractivity contribution in [3.8, 4) is 0 Å². The molecule has 18 heavy (non-hydrogen) atoms. The van der Waals surface area contributed by atoms with Crippen molar-refractivity contribution in [1.82, 2.24) is 10.3 Å². The van der Waals surface area contributed by atoms with E-state index in [0.717, 1.165) is 0 Å². The molecule has 0 saturated heterocycles. The van der Waals surface area contributed by atoms with E-state index in [0.29, 0.717) is 27.3 Å². The van der Waals surface area contributed by atoms with Gasteiger partial charge in [-0.3, -0.25) is 4.79 Å². The average Bonchev–Trinajstić information content (AvgIpc) is 2.85. The predicted molar refractivity (Wildman–Crippen MR) is 74.5 cm³/mol. The number of halogens is 1. The van der Waals surface area contributed by atoms with Crippen LogP contribution in [0.4, 0.5) is 5.13 Å². The Hall–Kier alpha value is -1.43. The van der Waals surface area contributed by atoms with Crippen LogP contribution in [0.1, 0.15) is 15.2 Å². The van der Waals surface area contributed by atoms with Gasteiger partial charge in [-0.1, -0.05) is 35.1 Å². The third kappa shape index (κ3) is 2.87. The molecule has 1 heterocycles. The van der Waals surface area contributed by atoms with Gasteiger partial charge in [0.1, 0.15) is 0 Å². The average molecular weight is 282 g/mol. The highest BCUT2D eigenvalue weighted by molar-refractivity contribution is 7.17. The van der Waals surface area contributed by atoms with Crippen LogP contribution in [-0.2, 0) is 0 Å². The first-order chi connectivity index (χ1) is 8.72. The normalized spacial score (nSPS) is 10.3. The lowest BCUT2D eigenvalue weighted by Gasteiger charge is -2.00. The Bertz CT molecular complexity index is 556. The minimum absolute atomic E-state index is 0.101. The van der Waals surface area contributed by atoms with Gasteiger partial charge in [-0.05, 0) is 19.2 Å². The molecule has 0 amide bonds. The molecule has 4 nitrogen and oxygen atoms in total. The van der Waals surface area contributed by atoms with E-state index < -0.39 is 0 Å². The van der Waals surface area contributed by atoms with E-state index in [1.54, 1.807) is 30.5 Å². The third-order valence-corrected chi connectivity index (χ3v) is 3.55. The van der Waals surface area contributed by atoms with Crippen molar-refractivity contribution in [2.75, 3.05) is 19.0 Å². The van der Waals surface area contributed by atoms with Crippen molar-refractivity contribution in [3.05, 3.63) is 45.9 Å². The maximum Gasteiger partial charge on any atom is 0.206 e. The molecule has 0 radical (unpaired) electrons. The number of ketones is 1. The molecular weight excluding hydrogens is 270 g/mol. The van der Waals surface area contributed by atoms with Gasteiger partial charge in [0.2, 0.25) is 5.78 Å². The molecule has 1 aromatic heterocycles. The van der Waals surface area contributed by atoms with E-state index in [1.165, 1.54) is 11.3 Å². The summed E-state index contributed by atoms with van der Waals surface area (Å²) >= 11 is 7.31. The summed E-state index contributed by atoms with van der Waals surface area (Å²) in [5, 5.41) is 7.16. The topological polar surface area (TPSA) is 54.0 Å². The largest absolute Gasteiger partial charge is 0.349 e. The molecule has 0 bridgehead atoms. The summed E-state index contributed by atoms with van der Waals surface area (Å²) in [5.74, 6) is -0.101. The number of aromatic nitrogens is 1. The molecular formula is C12H12ClN3OS. The van der Waals surface area contributed by atoms with Gasteiger partial charge in [0, 0.05) is 5.56 Å². The molecule has 0 aliphatic rings. The van der Waals surface area contributed by atoms with Gasteiger partial charge < -0.3 is 10.6 Å². The van der Waals surface area contributed by atoms with Crippen molar-refractivity contribution in [2.45, 2.75) is 0 Å². The van der Waals surface area contributed by atoms with Gasteiger partial charge in [0.25, 0.3) is 0 Å². The fraction of sp³-hybridized carbons (Fsp3) is 0.167. The second-order valence-corrected chi connectivity index (χ2v) is 4.98. The summed E-state index contributed by atoms with van der Waals surface area (Å²) in [5.41, 5.74) is 0.503. The van der Waals surface area contributed by atoms with Crippen molar-refractivity contribution < 1.29 is 4.79 Å². The van der Waals surface area contributed by atoms with Crippen molar-refractivity contribution in [3.63, 3.8) is 0 Å². The summed E-state index contributed by atoms with van der Waals surface area (Å²) in [6.45, 7) is 0.604. The summed E-state index contributed by atoms with van der Waals surface area (Å²) in [4.78, 5) is 16.9. The van der Waals surface area contributed by atoms with Gasteiger partial charge in [0.05, 0.1) is 22.8 Å². The van der Waals surface area contributed by atoms with Gasteiger partial charge in [-0.2, -0.15) is 0 Å². The SMILES string of the molecule is CNCNc1ncc(C(=O)c2ccccc2Cl)s1. The molecule has 2 aromatic rings. The van der Waals surface area contributed by atoms with Crippen LogP contribution in [0.3, 0.4) is 0 Å². The number of thiazole rings is 1. The lowest BCUT2D eigenvalue weighted by atomic mass is 10.1. The number of benzene rings is 1. The lowest BCUT2D eigenvalue weighted by Crippen LogP contribution is -2.16. The van der Waals surface area contributed by atoms with E-state index in [1.807, 2.05) is 7.05 Å². The summed E-state index contributed by atoms with van der Waals surface area (Å²) in [7, 11) is 1.83. The maximum absolute atomic E-state index is 12.2. The zero-order chi connectivity index (χ0) is 13.0. The highest BCUT2D eigenvalue weighted by Crippen LogP contribution is 2.24.